The molecule has 2 saturated heterocycles. The van der Waals surface area contributed by atoms with Crippen LogP contribution in [0.4, 0.5) is 15.8 Å². The molecule has 2 N–H and O–H groups in total. The predicted octanol–water partition coefficient (Wildman–Crippen LogP) is 7.71. The Morgan fingerprint density at radius 3 is 2.33 bits per heavy atom. The van der Waals surface area contributed by atoms with E-state index in [0.717, 1.165) is 8.58 Å². The van der Waals surface area contributed by atoms with Gasteiger partial charge in [0.1, 0.15) is 11.6 Å². The number of carbonyl (C=O) groups excluding carboxylic acids is 4. The zero-order valence-corrected chi connectivity index (χ0v) is 30.6. The minimum Gasteiger partial charge on any atom is -0.507 e. The van der Waals surface area contributed by atoms with Crippen molar-refractivity contribution < 1.29 is 28.7 Å². The lowest BCUT2D eigenvalue weighted by molar-refractivity contribution is -0.138. The number of para-hydroxylation sites is 1. The first-order chi connectivity index (χ1) is 25.1. The number of hydrogen-bond acceptors (Lipinski definition) is 6. The molecule has 8 rings (SSSR count). The highest BCUT2D eigenvalue weighted by atomic mass is 127. The summed E-state index contributed by atoms with van der Waals surface area (Å²) >= 11 is 8.54. The fourth-order valence-electron chi connectivity index (χ4n) is 9.01. The van der Waals surface area contributed by atoms with Crippen molar-refractivity contribution in [1.29, 1.82) is 0 Å². The van der Waals surface area contributed by atoms with E-state index < -0.39 is 52.6 Å². The van der Waals surface area contributed by atoms with Crippen molar-refractivity contribution >= 4 is 69.2 Å². The maximum absolute atomic E-state index is 15.3. The predicted molar refractivity (Wildman–Crippen MR) is 203 cm³/mol. The molecule has 4 aliphatic rings. The molecule has 4 aromatic rings. The van der Waals surface area contributed by atoms with Crippen LogP contribution in [0.3, 0.4) is 0 Å². The van der Waals surface area contributed by atoms with Gasteiger partial charge in [-0.25, -0.2) is 4.39 Å². The number of phenolic OH excluding ortho intramolecular Hbond substituents is 1. The number of nitrogens with zero attached hydrogens (tertiary/aromatic N) is 2. The Labute approximate surface area is 318 Å². The van der Waals surface area contributed by atoms with Crippen molar-refractivity contribution in [2.45, 2.75) is 30.6 Å². The Morgan fingerprint density at radius 2 is 1.63 bits per heavy atom. The summed E-state index contributed by atoms with van der Waals surface area (Å²) in [5.74, 6) is -6.30. The van der Waals surface area contributed by atoms with Gasteiger partial charge in [-0.05, 0) is 120 Å². The Bertz CT molecular complexity index is 2190. The van der Waals surface area contributed by atoms with Gasteiger partial charge in [0.25, 0.3) is 11.8 Å². The molecule has 0 aromatic heterocycles. The second-order valence-electron chi connectivity index (χ2n) is 13.7. The molecular weight excluding hydrogens is 796 g/mol. The minimum atomic E-state index is -1.60. The number of hydrogen-bond donors (Lipinski definition) is 2. The quantitative estimate of drug-likeness (QED) is 0.112. The van der Waals surface area contributed by atoms with Crippen LogP contribution in [0.25, 0.3) is 0 Å². The summed E-state index contributed by atoms with van der Waals surface area (Å²) in [7, 11) is 0. The summed E-state index contributed by atoms with van der Waals surface area (Å²) in [6, 6.07) is 24.6. The Morgan fingerprint density at radius 1 is 0.923 bits per heavy atom. The third-order valence-electron chi connectivity index (χ3n) is 11.2. The normalized spacial score (nSPS) is 26.5. The number of amides is 4. The molecule has 6 atom stereocenters. The van der Waals surface area contributed by atoms with E-state index in [1.165, 1.54) is 29.2 Å². The zero-order chi connectivity index (χ0) is 36.5. The van der Waals surface area contributed by atoms with E-state index in [1.807, 2.05) is 18.2 Å². The van der Waals surface area contributed by atoms with Crippen molar-refractivity contribution in [2.24, 2.45) is 23.7 Å². The summed E-state index contributed by atoms with van der Waals surface area (Å²) in [6.45, 7) is 3.85. The largest absolute Gasteiger partial charge is 0.507 e. The van der Waals surface area contributed by atoms with Crippen LogP contribution in [-0.4, -0.2) is 33.7 Å². The molecule has 11 heteroatoms. The van der Waals surface area contributed by atoms with Crippen LogP contribution in [0.2, 0.25) is 5.02 Å². The van der Waals surface area contributed by atoms with E-state index in [1.54, 1.807) is 60.7 Å². The van der Waals surface area contributed by atoms with Gasteiger partial charge in [-0.15, -0.1) is 6.58 Å². The second kappa shape index (κ2) is 13.0. The lowest BCUT2D eigenvalue weighted by Gasteiger charge is -2.50. The number of rotatable bonds is 7. The van der Waals surface area contributed by atoms with Crippen LogP contribution in [0.5, 0.6) is 5.75 Å². The second-order valence-corrected chi connectivity index (χ2v) is 15.4. The van der Waals surface area contributed by atoms with Gasteiger partial charge in [-0.3, -0.25) is 29.5 Å². The number of fused-ring (bicyclic) bond motifs is 4. The number of carbonyl (C=O) groups is 4. The fourth-order valence-corrected chi connectivity index (χ4v) is 9.49. The van der Waals surface area contributed by atoms with E-state index in [0.29, 0.717) is 45.1 Å². The van der Waals surface area contributed by atoms with Crippen molar-refractivity contribution in [3.63, 3.8) is 0 Å². The molecule has 0 radical (unpaired) electrons. The van der Waals surface area contributed by atoms with Gasteiger partial charge in [0.2, 0.25) is 11.8 Å². The first-order valence-corrected chi connectivity index (χ1v) is 18.4. The third-order valence-corrected chi connectivity index (χ3v) is 12.1. The number of nitrogens with one attached hydrogen (secondary N) is 1. The first-order valence-electron chi connectivity index (χ1n) is 17.0. The number of imide groups is 2. The molecule has 6 unspecified atom stereocenters. The maximum atomic E-state index is 15.3. The first kappa shape index (κ1) is 34.3. The Hall–Kier alpha value is -4.81. The van der Waals surface area contributed by atoms with Gasteiger partial charge in [0.15, 0.2) is 0 Å². The number of benzene rings is 4. The van der Waals surface area contributed by atoms with Crippen LogP contribution in [0, 0.1) is 33.1 Å². The molecule has 2 aliphatic carbocycles. The van der Waals surface area contributed by atoms with Gasteiger partial charge in [0, 0.05) is 20.1 Å². The topological polar surface area (TPSA) is 107 Å². The van der Waals surface area contributed by atoms with Gasteiger partial charge < -0.3 is 5.11 Å². The third kappa shape index (κ3) is 5.13. The van der Waals surface area contributed by atoms with Gasteiger partial charge >= 0.3 is 0 Å². The van der Waals surface area contributed by atoms with Crippen LogP contribution in [-0.2, 0) is 31.0 Å². The standard InChI is InChI=1S/C41H32ClFIN3O5/c1-2-4-22-5-3-6-31(36(22)48)35-29-19-20-30-34(39(51)46(37(30)49)28-17-13-26(44)14-18-28)32(29)21-33-38(50)47(45-27-15-11-25(43)12-16-27)40(52)41(33,35)23-7-9-24(42)10-8-23/h2-3,5-19,30,32-35,45,48H,1,4,20-21H2. The highest BCUT2D eigenvalue weighted by Crippen LogP contribution is 2.65. The van der Waals surface area contributed by atoms with E-state index in [-0.39, 0.29) is 30.4 Å². The van der Waals surface area contributed by atoms with Crippen molar-refractivity contribution in [3.8, 4) is 5.75 Å². The van der Waals surface area contributed by atoms with E-state index in [2.05, 4.69) is 34.6 Å². The van der Waals surface area contributed by atoms with Gasteiger partial charge in [-0.2, -0.15) is 5.01 Å². The molecule has 4 aromatic carbocycles. The number of phenols is 1. The average Bonchev–Trinajstić information content (AvgIpc) is 3.52. The van der Waals surface area contributed by atoms with E-state index >= 15 is 4.79 Å². The van der Waals surface area contributed by atoms with E-state index in [4.69, 9.17) is 11.6 Å². The number of allylic oxidation sites excluding steroid dienone is 3. The lowest BCUT2D eigenvalue weighted by Crippen LogP contribution is -2.53. The SMILES string of the molecule is C=CCc1cccc(C2C3=CCC4C(=O)N(c5ccc(I)cc5)C(=O)C4C3CC3C(=O)N(Nc4ccc(F)cc4)C(=O)C32c2ccc(Cl)cc2)c1O. The summed E-state index contributed by atoms with van der Waals surface area (Å²) in [5, 5.41) is 13.4. The highest BCUT2D eigenvalue weighted by molar-refractivity contribution is 14.1. The summed E-state index contributed by atoms with van der Waals surface area (Å²) < 4.78 is 14.8. The number of halogens is 3. The fraction of sp³-hybridized carbons (Fsp3) is 0.220. The average molecular weight is 828 g/mol. The molecule has 3 fully saturated rings. The van der Waals surface area contributed by atoms with Crippen molar-refractivity contribution in [2.75, 3.05) is 10.3 Å². The number of hydrazine groups is 1. The summed E-state index contributed by atoms with van der Waals surface area (Å²) in [5.41, 5.74) is 4.37. The van der Waals surface area contributed by atoms with Crippen LogP contribution >= 0.6 is 34.2 Å². The van der Waals surface area contributed by atoms with Crippen LogP contribution in [0.15, 0.2) is 115 Å². The molecular formula is C41H32ClFIN3O5. The molecule has 1 saturated carbocycles. The molecule has 2 aliphatic heterocycles. The van der Waals surface area contributed by atoms with E-state index in [9.17, 15) is 23.9 Å². The molecule has 8 nitrogen and oxygen atoms in total. The molecule has 0 spiro atoms. The Kier molecular flexibility index (Phi) is 8.57. The number of aromatic hydroxyl groups is 1. The summed E-state index contributed by atoms with van der Waals surface area (Å²) in [6.07, 6.45) is 4.29. The molecule has 4 amide bonds. The minimum absolute atomic E-state index is 0.0392. The smallest absolute Gasteiger partial charge is 0.260 e. The van der Waals surface area contributed by atoms with Crippen LogP contribution in [0.1, 0.15) is 35.4 Å². The Balaban J connectivity index is 1.34. The monoisotopic (exact) mass is 827 g/mol. The number of anilines is 2. The van der Waals surface area contributed by atoms with Gasteiger partial charge in [0.05, 0.1) is 34.5 Å². The lowest BCUT2D eigenvalue weighted by atomic mass is 9.49. The molecule has 2 heterocycles. The molecule has 0 bridgehead atoms. The summed E-state index contributed by atoms with van der Waals surface area (Å²) in [4.78, 5) is 59.9. The van der Waals surface area contributed by atoms with Crippen molar-refractivity contribution in [1.82, 2.24) is 5.01 Å². The highest BCUT2D eigenvalue weighted by Gasteiger charge is 2.70. The zero-order valence-electron chi connectivity index (χ0n) is 27.6. The molecule has 262 valence electrons. The van der Waals surface area contributed by atoms with Gasteiger partial charge in [-0.1, -0.05) is 59.7 Å². The van der Waals surface area contributed by atoms with Crippen molar-refractivity contribution in [3.05, 3.63) is 146 Å². The van der Waals surface area contributed by atoms with Crippen LogP contribution < -0.4 is 10.3 Å². The maximum Gasteiger partial charge on any atom is 0.260 e. The molecule has 52 heavy (non-hydrogen) atoms.